The molecule has 1 rings (SSSR count). The molecule has 0 aliphatic carbocycles. The second-order valence-electron chi connectivity index (χ2n) is 3.88. The Hall–Kier alpha value is -0.910. The first-order valence-electron chi connectivity index (χ1n) is 5.00. The number of sulfonamides is 1. The number of carbonyl (C=O) groups excluding carboxylic acids is 1. The van der Waals surface area contributed by atoms with Gasteiger partial charge in [0.2, 0.25) is 10.0 Å². The van der Waals surface area contributed by atoms with Crippen LogP contribution in [-0.4, -0.2) is 26.5 Å². The Morgan fingerprint density at radius 1 is 1.35 bits per heavy atom. The van der Waals surface area contributed by atoms with Crippen molar-refractivity contribution >= 4 is 27.4 Å². The average molecular weight is 276 g/mol. The first kappa shape index (κ1) is 14.2. The van der Waals surface area contributed by atoms with E-state index in [4.69, 9.17) is 11.6 Å². The molecule has 0 aliphatic heterocycles. The lowest BCUT2D eigenvalue weighted by Gasteiger charge is -2.14. The van der Waals surface area contributed by atoms with Crippen molar-refractivity contribution < 1.29 is 13.2 Å². The lowest BCUT2D eigenvalue weighted by molar-refractivity contribution is -0.118. The first-order chi connectivity index (χ1) is 7.78. The van der Waals surface area contributed by atoms with Crippen molar-refractivity contribution in [2.75, 3.05) is 6.26 Å². The second kappa shape index (κ2) is 5.62. The fourth-order valence-electron chi connectivity index (χ4n) is 1.38. The third kappa shape index (κ3) is 5.30. The summed E-state index contributed by atoms with van der Waals surface area (Å²) >= 11 is 5.74. The van der Waals surface area contributed by atoms with Crippen LogP contribution in [-0.2, 0) is 21.2 Å². The number of hydrogen-bond acceptors (Lipinski definition) is 3. The Labute approximate surface area is 106 Å². The van der Waals surface area contributed by atoms with Crippen LogP contribution < -0.4 is 4.72 Å². The minimum atomic E-state index is -3.39. The monoisotopic (exact) mass is 275 g/mol. The summed E-state index contributed by atoms with van der Waals surface area (Å²) in [6.45, 7) is 1.36. The van der Waals surface area contributed by atoms with Crippen LogP contribution in [0.4, 0.5) is 0 Å². The van der Waals surface area contributed by atoms with Crippen LogP contribution in [0.15, 0.2) is 24.3 Å². The van der Waals surface area contributed by atoms with Crippen molar-refractivity contribution in [1.29, 1.82) is 0 Å². The molecule has 0 spiro atoms. The van der Waals surface area contributed by atoms with E-state index in [1.807, 2.05) is 0 Å². The summed E-state index contributed by atoms with van der Waals surface area (Å²) < 4.78 is 24.5. The molecule has 0 bridgehead atoms. The first-order valence-corrected chi connectivity index (χ1v) is 7.27. The Morgan fingerprint density at radius 2 is 1.88 bits per heavy atom. The van der Waals surface area contributed by atoms with Gasteiger partial charge in [0.05, 0.1) is 12.3 Å². The minimum absolute atomic E-state index is 0.217. The van der Waals surface area contributed by atoms with Gasteiger partial charge in [-0.1, -0.05) is 23.7 Å². The topological polar surface area (TPSA) is 63.2 Å². The zero-order chi connectivity index (χ0) is 13.1. The van der Waals surface area contributed by atoms with Gasteiger partial charge < -0.3 is 0 Å². The van der Waals surface area contributed by atoms with Crippen LogP contribution in [0.1, 0.15) is 12.5 Å². The largest absolute Gasteiger partial charge is 0.298 e. The molecule has 1 aromatic carbocycles. The van der Waals surface area contributed by atoms with Gasteiger partial charge in [0, 0.05) is 5.02 Å². The molecule has 1 atom stereocenters. The quantitative estimate of drug-likeness (QED) is 0.883. The lowest BCUT2D eigenvalue weighted by Crippen LogP contribution is -2.40. The highest BCUT2D eigenvalue weighted by atomic mass is 35.5. The molecule has 0 amide bonds. The Kier molecular flexibility index (Phi) is 4.68. The van der Waals surface area contributed by atoms with Gasteiger partial charge >= 0.3 is 0 Å². The van der Waals surface area contributed by atoms with Gasteiger partial charge in [-0.3, -0.25) is 4.79 Å². The van der Waals surface area contributed by atoms with E-state index < -0.39 is 16.1 Å². The molecule has 0 aliphatic rings. The zero-order valence-electron chi connectivity index (χ0n) is 9.60. The van der Waals surface area contributed by atoms with Crippen LogP contribution in [0.25, 0.3) is 0 Å². The maximum atomic E-state index is 11.3. The Bertz CT molecular complexity index is 496. The summed E-state index contributed by atoms with van der Waals surface area (Å²) in [5, 5.41) is 0.601. The molecule has 6 heteroatoms. The number of halogens is 1. The molecule has 0 saturated heterocycles. The van der Waals surface area contributed by atoms with Crippen molar-refractivity contribution in [2.24, 2.45) is 0 Å². The van der Waals surface area contributed by atoms with Crippen LogP contribution in [0.3, 0.4) is 0 Å². The number of ketones is 1. The lowest BCUT2D eigenvalue weighted by atomic mass is 10.0. The number of rotatable bonds is 5. The van der Waals surface area contributed by atoms with Crippen LogP contribution in [0.2, 0.25) is 5.02 Å². The van der Waals surface area contributed by atoms with Crippen molar-refractivity contribution in [3.63, 3.8) is 0 Å². The van der Waals surface area contributed by atoms with Crippen LogP contribution in [0, 0.1) is 0 Å². The zero-order valence-corrected chi connectivity index (χ0v) is 11.2. The number of hydrogen-bond donors (Lipinski definition) is 1. The van der Waals surface area contributed by atoms with Crippen molar-refractivity contribution in [3.05, 3.63) is 34.9 Å². The number of benzene rings is 1. The Morgan fingerprint density at radius 3 is 2.29 bits per heavy atom. The minimum Gasteiger partial charge on any atom is -0.298 e. The van der Waals surface area contributed by atoms with Gasteiger partial charge in [0.1, 0.15) is 5.78 Å². The third-order valence-electron chi connectivity index (χ3n) is 2.20. The normalized spacial score (nSPS) is 13.4. The molecule has 17 heavy (non-hydrogen) atoms. The summed E-state index contributed by atoms with van der Waals surface area (Å²) in [6, 6.07) is 6.21. The fraction of sp³-hybridized carbons (Fsp3) is 0.364. The summed E-state index contributed by atoms with van der Waals surface area (Å²) in [7, 11) is -3.39. The molecule has 0 heterocycles. The third-order valence-corrected chi connectivity index (χ3v) is 3.16. The highest BCUT2D eigenvalue weighted by molar-refractivity contribution is 7.88. The average Bonchev–Trinajstić information content (AvgIpc) is 2.18. The highest BCUT2D eigenvalue weighted by Crippen LogP contribution is 2.11. The van der Waals surface area contributed by atoms with Crippen LogP contribution >= 0.6 is 11.6 Å². The predicted octanol–water partition coefficient (Wildman–Crippen LogP) is 1.39. The molecular weight excluding hydrogens is 262 g/mol. The molecular formula is C11H14ClNO3S. The molecule has 0 saturated carbocycles. The molecule has 1 N–H and O–H groups in total. The number of carbonyl (C=O) groups is 1. The molecule has 4 nitrogen and oxygen atoms in total. The van der Waals surface area contributed by atoms with Gasteiger partial charge in [0.25, 0.3) is 0 Å². The maximum Gasteiger partial charge on any atom is 0.209 e. The molecule has 94 valence electrons. The molecule has 1 unspecified atom stereocenters. The predicted molar refractivity (Wildman–Crippen MR) is 67.6 cm³/mol. The highest BCUT2D eigenvalue weighted by Gasteiger charge is 2.18. The second-order valence-corrected chi connectivity index (χ2v) is 6.10. The molecule has 0 fully saturated rings. The van der Waals surface area contributed by atoms with Gasteiger partial charge in [-0.25, -0.2) is 13.1 Å². The van der Waals surface area contributed by atoms with E-state index in [2.05, 4.69) is 4.72 Å². The summed E-state index contributed by atoms with van der Waals surface area (Å²) in [5.41, 5.74) is 0.853. The van der Waals surface area contributed by atoms with E-state index in [9.17, 15) is 13.2 Å². The van der Waals surface area contributed by atoms with Gasteiger partial charge in [-0.05, 0) is 31.0 Å². The van der Waals surface area contributed by atoms with Gasteiger partial charge in [-0.15, -0.1) is 0 Å². The molecule has 1 aromatic rings. The maximum absolute atomic E-state index is 11.3. The van der Waals surface area contributed by atoms with Crippen molar-refractivity contribution in [2.45, 2.75) is 19.4 Å². The SMILES string of the molecule is CC(=O)C(Cc1ccc(Cl)cc1)NS(C)(=O)=O. The summed E-state index contributed by atoms with van der Waals surface area (Å²) in [4.78, 5) is 11.3. The summed E-state index contributed by atoms with van der Waals surface area (Å²) in [6.07, 6.45) is 1.35. The Balaban J connectivity index is 2.80. The smallest absolute Gasteiger partial charge is 0.209 e. The summed E-state index contributed by atoms with van der Waals surface area (Å²) in [5.74, 6) is -0.217. The molecule has 0 aromatic heterocycles. The van der Waals surface area contributed by atoms with E-state index in [1.54, 1.807) is 24.3 Å². The van der Waals surface area contributed by atoms with Crippen LogP contribution in [0.5, 0.6) is 0 Å². The van der Waals surface area contributed by atoms with Crippen molar-refractivity contribution in [1.82, 2.24) is 4.72 Å². The van der Waals surface area contributed by atoms with E-state index in [0.29, 0.717) is 11.4 Å². The van der Waals surface area contributed by atoms with Crippen molar-refractivity contribution in [3.8, 4) is 0 Å². The van der Waals surface area contributed by atoms with E-state index in [1.165, 1.54) is 6.92 Å². The molecule has 0 radical (unpaired) electrons. The van der Waals surface area contributed by atoms with E-state index in [-0.39, 0.29) is 5.78 Å². The standard InChI is InChI=1S/C11H14ClNO3S/c1-8(14)11(13-17(2,15)16)7-9-3-5-10(12)6-4-9/h3-6,11,13H,7H2,1-2H3. The number of nitrogens with one attached hydrogen (secondary N) is 1. The van der Waals surface area contributed by atoms with Gasteiger partial charge in [-0.2, -0.15) is 0 Å². The van der Waals surface area contributed by atoms with E-state index in [0.717, 1.165) is 11.8 Å². The van der Waals surface area contributed by atoms with E-state index >= 15 is 0 Å². The fourth-order valence-corrected chi connectivity index (χ4v) is 2.28. The number of Topliss-reactive ketones (excluding diaryl/α,β-unsaturated/α-hetero) is 1. The van der Waals surface area contributed by atoms with Gasteiger partial charge in [0.15, 0.2) is 0 Å².